The van der Waals surface area contributed by atoms with Crippen LogP contribution in [0.4, 0.5) is 0 Å². The van der Waals surface area contributed by atoms with E-state index in [9.17, 15) is 4.79 Å². The lowest BCUT2D eigenvalue weighted by atomic mass is 10.2. The smallest absolute Gasteiger partial charge is 0.272 e. The average Bonchev–Trinajstić information content (AvgIpc) is 3.20. The van der Waals surface area contributed by atoms with Gasteiger partial charge in [-0.2, -0.15) is 22.1 Å². The zero-order chi connectivity index (χ0) is 13.0. The summed E-state index contributed by atoms with van der Waals surface area (Å²) in [7, 11) is 0. The average molecular weight is 265 g/mol. The van der Waals surface area contributed by atoms with Gasteiger partial charge in [0.15, 0.2) is 5.69 Å². The van der Waals surface area contributed by atoms with Gasteiger partial charge in [-0.05, 0) is 31.1 Å². The quantitative estimate of drug-likeness (QED) is 0.726. The first kappa shape index (κ1) is 13.1. The lowest BCUT2D eigenvalue weighted by Gasteiger charge is -2.08. The van der Waals surface area contributed by atoms with Crippen LogP contribution in [0.1, 0.15) is 30.0 Å². The molecule has 1 aromatic heterocycles. The monoisotopic (exact) mass is 265 g/mol. The summed E-state index contributed by atoms with van der Waals surface area (Å²) in [5.41, 5.74) is 0.862. The fourth-order valence-electron chi connectivity index (χ4n) is 1.68. The maximum absolute atomic E-state index is 12.1. The predicted octanol–water partition coefficient (Wildman–Crippen LogP) is 1.33. The van der Waals surface area contributed by atoms with E-state index in [-0.39, 0.29) is 18.0 Å². The molecule has 1 aromatic rings. The molecule has 1 aliphatic carbocycles. The Morgan fingerprint density at radius 3 is 3.06 bits per heavy atom. The summed E-state index contributed by atoms with van der Waals surface area (Å²) in [5.74, 6) is 1.19. The van der Waals surface area contributed by atoms with E-state index < -0.39 is 0 Å². The number of aromatic nitrogens is 2. The second kappa shape index (κ2) is 6.03. The highest BCUT2D eigenvalue weighted by atomic mass is 32.2. The van der Waals surface area contributed by atoms with Gasteiger partial charge in [-0.15, -0.1) is 0 Å². The van der Waals surface area contributed by atoms with Gasteiger partial charge in [0.2, 0.25) is 0 Å². The highest BCUT2D eigenvalue weighted by Gasteiger charge is 2.27. The zero-order valence-corrected chi connectivity index (χ0v) is 11.1. The molecule has 1 fully saturated rings. The molecule has 6 heteroatoms. The standard InChI is InChI=1S/C12H15N3O2S/c1-18-5-4-17-8-15-12(16)11(9-2-3-9)6-10(7-13)14-15/h6,9H,2-5,8H2,1H3. The van der Waals surface area contributed by atoms with E-state index in [4.69, 9.17) is 10.00 Å². The van der Waals surface area contributed by atoms with Crippen LogP contribution in [0.5, 0.6) is 0 Å². The van der Waals surface area contributed by atoms with Gasteiger partial charge in [-0.25, -0.2) is 4.68 Å². The Balaban J connectivity index is 2.15. The molecule has 0 aromatic carbocycles. The Bertz CT molecular complexity index is 517. The lowest BCUT2D eigenvalue weighted by molar-refractivity contribution is 0.0771. The number of nitrogens with zero attached hydrogens (tertiary/aromatic N) is 3. The summed E-state index contributed by atoms with van der Waals surface area (Å²) in [5, 5.41) is 12.9. The Morgan fingerprint density at radius 2 is 2.44 bits per heavy atom. The molecular weight excluding hydrogens is 250 g/mol. The molecule has 18 heavy (non-hydrogen) atoms. The molecule has 5 nitrogen and oxygen atoms in total. The van der Waals surface area contributed by atoms with Crippen LogP contribution in [-0.2, 0) is 11.5 Å². The first-order chi connectivity index (χ1) is 8.76. The summed E-state index contributed by atoms with van der Waals surface area (Å²) in [6.45, 7) is 0.694. The van der Waals surface area contributed by atoms with E-state index in [1.54, 1.807) is 17.8 Å². The molecule has 0 unspecified atom stereocenters. The molecule has 2 rings (SSSR count). The van der Waals surface area contributed by atoms with E-state index in [1.165, 1.54) is 4.68 Å². The van der Waals surface area contributed by atoms with E-state index in [2.05, 4.69) is 5.10 Å². The first-order valence-corrected chi connectivity index (χ1v) is 7.24. The van der Waals surface area contributed by atoms with E-state index in [1.807, 2.05) is 12.3 Å². The second-order valence-corrected chi connectivity index (χ2v) is 5.19. The first-order valence-electron chi connectivity index (χ1n) is 5.85. The fourth-order valence-corrected chi connectivity index (χ4v) is 1.97. The second-order valence-electron chi connectivity index (χ2n) is 4.21. The number of hydrogen-bond donors (Lipinski definition) is 0. The molecule has 0 N–H and O–H groups in total. The molecule has 96 valence electrons. The van der Waals surface area contributed by atoms with Crippen molar-refractivity contribution in [3.05, 3.63) is 27.7 Å². The third-order valence-corrected chi connectivity index (χ3v) is 3.35. The van der Waals surface area contributed by atoms with Crippen molar-refractivity contribution in [1.29, 1.82) is 5.26 Å². The van der Waals surface area contributed by atoms with Crippen LogP contribution >= 0.6 is 11.8 Å². The molecule has 0 saturated heterocycles. The third-order valence-electron chi connectivity index (χ3n) is 2.78. The summed E-state index contributed by atoms with van der Waals surface area (Å²) < 4.78 is 6.62. The molecule has 1 aliphatic rings. The van der Waals surface area contributed by atoms with Gasteiger partial charge < -0.3 is 4.74 Å². The van der Waals surface area contributed by atoms with Gasteiger partial charge in [-0.3, -0.25) is 4.79 Å². The predicted molar refractivity (Wildman–Crippen MR) is 69.5 cm³/mol. The summed E-state index contributed by atoms with van der Waals surface area (Å²) >= 11 is 1.68. The topological polar surface area (TPSA) is 67.9 Å². The highest BCUT2D eigenvalue weighted by Crippen LogP contribution is 2.38. The van der Waals surface area contributed by atoms with Crippen molar-refractivity contribution in [2.45, 2.75) is 25.5 Å². The zero-order valence-electron chi connectivity index (χ0n) is 10.3. The van der Waals surface area contributed by atoms with Gasteiger partial charge >= 0.3 is 0 Å². The molecule has 0 bridgehead atoms. The number of ether oxygens (including phenoxy) is 1. The van der Waals surface area contributed by atoms with Gasteiger partial charge in [0, 0.05) is 11.3 Å². The molecule has 0 spiro atoms. The normalized spacial score (nSPS) is 14.4. The number of hydrogen-bond acceptors (Lipinski definition) is 5. The van der Waals surface area contributed by atoms with Crippen LogP contribution in [0.25, 0.3) is 0 Å². The van der Waals surface area contributed by atoms with E-state index >= 15 is 0 Å². The van der Waals surface area contributed by atoms with Crippen molar-refractivity contribution in [3.8, 4) is 6.07 Å². The van der Waals surface area contributed by atoms with Crippen molar-refractivity contribution in [2.75, 3.05) is 18.6 Å². The molecule has 1 saturated carbocycles. The van der Waals surface area contributed by atoms with Crippen LogP contribution in [0.15, 0.2) is 10.9 Å². The minimum atomic E-state index is -0.124. The molecular formula is C12H15N3O2S. The maximum atomic E-state index is 12.1. The molecule has 0 atom stereocenters. The Hall–Kier alpha value is -1.32. The summed E-state index contributed by atoms with van der Waals surface area (Å²) in [6, 6.07) is 3.60. The Kier molecular flexibility index (Phi) is 4.39. The van der Waals surface area contributed by atoms with Crippen molar-refractivity contribution in [2.24, 2.45) is 0 Å². The van der Waals surface area contributed by atoms with E-state index in [0.717, 1.165) is 18.6 Å². The highest BCUT2D eigenvalue weighted by molar-refractivity contribution is 7.98. The molecule has 1 heterocycles. The van der Waals surface area contributed by atoms with Gasteiger partial charge in [0.05, 0.1) is 6.61 Å². The number of thioether (sulfide) groups is 1. The maximum Gasteiger partial charge on any atom is 0.272 e. The van der Waals surface area contributed by atoms with Crippen LogP contribution in [0.2, 0.25) is 0 Å². The lowest BCUT2D eigenvalue weighted by Crippen LogP contribution is -2.28. The molecule has 0 aliphatic heterocycles. The minimum absolute atomic E-state index is 0.120. The van der Waals surface area contributed by atoms with Crippen molar-refractivity contribution >= 4 is 11.8 Å². The molecule has 0 amide bonds. The van der Waals surface area contributed by atoms with Gasteiger partial charge in [-0.1, -0.05) is 0 Å². The third kappa shape index (κ3) is 3.12. The van der Waals surface area contributed by atoms with Crippen LogP contribution < -0.4 is 5.56 Å². The summed E-state index contributed by atoms with van der Waals surface area (Å²) in [6.07, 6.45) is 4.05. The summed E-state index contributed by atoms with van der Waals surface area (Å²) in [4.78, 5) is 12.1. The van der Waals surface area contributed by atoms with Gasteiger partial charge in [0.1, 0.15) is 12.8 Å². The molecule has 0 radical (unpaired) electrons. The Labute approximate surface area is 110 Å². The van der Waals surface area contributed by atoms with Crippen molar-refractivity contribution in [3.63, 3.8) is 0 Å². The Morgan fingerprint density at radius 1 is 1.67 bits per heavy atom. The number of nitriles is 1. The van der Waals surface area contributed by atoms with Crippen LogP contribution in [-0.4, -0.2) is 28.4 Å². The fraction of sp³-hybridized carbons (Fsp3) is 0.583. The van der Waals surface area contributed by atoms with Gasteiger partial charge in [0.25, 0.3) is 5.56 Å². The van der Waals surface area contributed by atoms with Crippen LogP contribution in [0, 0.1) is 11.3 Å². The van der Waals surface area contributed by atoms with Crippen molar-refractivity contribution in [1.82, 2.24) is 9.78 Å². The van der Waals surface area contributed by atoms with Crippen LogP contribution in [0.3, 0.4) is 0 Å². The SMILES string of the molecule is CSCCOCn1nc(C#N)cc(C2CC2)c1=O. The number of rotatable bonds is 6. The minimum Gasteiger partial charge on any atom is -0.358 e. The van der Waals surface area contributed by atoms with E-state index in [0.29, 0.717) is 18.1 Å². The largest absolute Gasteiger partial charge is 0.358 e. The van der Waals surface area contributed by atoms with Crippen molar-refractivity contribution < 1.29 is 4.74 Å².